The van der Waals surface area contributed by atoms with Gasteiger partial charge in [-0.05, 0) is 37.5 Å². The largest absolute Gasteiger partial charge is 0.381 e. The lowest BCUT2D eigenvalue weighted by atomic mass is 9.99. The van der Waals surface area contributed by atoms with Crippen LogP contribution in [-0.4, -0.2) is 76.9 Å². The van der Waals surface area contributed by atoms with Crippen molar-refractivity contribution in [2.45, 2.75) is 58.8 Å². The van der Waals surface area contributed by atoms with Crippen LogP contribution in [0, 0.1) is 11.8 Å². The first-order valence-corrected chi connectivity index (χ1v) is 11.4. The van der Waals surface area contributed by atoms with Gasteiger partial charge in [-0.2, -0.15) is 0 Å². The molecule has 1 aliphatic rings. The molecule has 0 aliphatic carbocycles. The van der Waals surface area contributed by atoms with E-state index >= 15 is 0 Å². The van der Waals surface area contributed by atoms with E-state index in [9.17, 15) is 4.79 Å². The summed E-state index contributed by atoms with van der Waals surface area (Å²) >= 11 is 0. The molecule has 1 atom stereocenters. The first kappa shape index (κ1) is 25.7. The lowest BCUT2D eigenvalue weighted by Crippen LogP contribution is -2.41. The molecule has 2 N–H and O–H groups in total. The van der Waals surface area contributed by atoms with Gasteiger partial charge in [0.05, 0.1) is 0 Å². The molecular formula is C22H44N4O3. The van der Waals surface area contributed by atoms with Gasteiger partial charge >= 0.3 is 0 Å². The number of hydrogen-bond acceptors (Lipinski definition) is 4. The standard InChI is InChI=1S/C22H44N4O3/c1-5-7-9-19(6-2)16-24-22(25-17-21(27)26(3)4)23-12-8-13-29-18-20-10-14-28-15-11-20/h19-20H,5-18H2,1-4H3,(H2,23,24,25). The normalized spacial score (nSPS) is 16.5. The van der Waals surface area contributed by atoms with Crippen molar-refractivity contribution >= 4 is 11.9 Å². The van der Waals surface area contributed by atoms with Crippen molar-refractivity contribution in [1.82, 2.24) is 15.5 Å². The number of carbonyl (C=O) groups excluding carboxylic acids is 1. The van der Waals surface area contributed by atoms with E-state index in [4.69, 9.17) is 9.47 Å². The summed E-state index contributed by atoms with van der Waals surface area (Å²) in [5.41, 5.74) is 0. The monoisotopic (exact) mass is 412 g/mol. The zero-order valence-corrected chi connectivity index (χ0v) is 19.2. The molecule has 1 saturated heterocycles. The number of ether oxygens (including phenoxy) is 2. The zero-order chi connectivity index (χ0) is 21.3. The Morgan fingerprint density at radius 3 is 2.62 bits per heavy atom. The third-order valence-corrected chi connectivity index (χ3v) is 5.43. The average molecular weight is 413 g/mol. The molecule has 0 aromatic heterocycles. The molecule has 29 heavy (non-hydrogen) atoms. The van der Waals surface area contributed by atoms with E-state index in [1.54, 1.807) is 19.0 Å². The second kappa shape index (κ2) is 16.5. The molecule has 1 unspecified atom stereocenters. The van der Waals surface area contributed by atoms with Crippen LogP contribution in [0.2, 0.25) is 0 Å². The Balaban J connectivity index is 2.34. The van der Waals surface area contributed by atoms with Crippen molar-refractivity contribution in [3.8, 4) is 0 Å². The van der Waals surface area contributed by atoms with E-state index < -0.39 is 0 Å². The number of unbranched alkanes of at least 4 members (excludes halogenated alkanes) is 1. The van der Waals surface area contributed by atoms with Gasteiger partial charge in [-0.3, -0.25) is 4.79 Å². The Kier molecular flexibility index (Phi) is 14.6. The van der Waals surface area contributed by atoms with Gasteiger partial charge < -0.3 is 25.0 Å². The fourth-order valence-corrected chi connectivity index (χ4v) is 3.19. The molecule has 7 heteroatoms. The van der Waals surface area contributed by atoms with E-state index in [1.165, 1.54) is 19.3 Å². The van der Waals surface area contributed by atoms with Crippen LogP contribution in [0.3, 0.4) is 0 Å². The van der Waals surface area contributed by atoms with E-state index in [2.05, 4.69) is 29.5 Å². The van der Waals surface area contributed by atoms with Crippen LogP contribution < -0.4 is 10.6 Å². The molecule has 0 spiro atoms. The van der Waals surface area contributed by atoms with Crippen molar-refractivity contribution in [2.75, 3.05) is 60.2 Å². The number of nitrogens with one attached hydrogen (secondary N) is 2. The van der Waals surface area contributed by atoms with Gasteiger partial charge in [-0.15, -0.1) is 0 Å². The number of nitrogens with zero attached hydrogens (tertiary/aromatic N) is 2. The second-order valence-corrected chi connectivity index (χ2v) is 8.16. The topological polar surface area (TPSA) is 75.2 Å². The van der Waals surface area contributed by atoms with Crippen LogP contribution >= 0.6 is 0 Å². The molecule has 1 rings (SSSR count). The third kappa shape index (κ3) is 12.7. The molecule has 1 fully saturated rings. The molecule has 1 amide bonds. The number of carbonyl (C=O) groups is 1. The highest BCUT2D eigenvalue weighted by Gasteiger charge is 2.13. The Hall–Kier alpha value is -1.34. The van der Waals surface area contributed by atoms with Gasteiger partial charge in [0, 0.05) is 53.6 Å². The maximum Gasteiger partial charge on any atom is 0.243 e. The molecule has 7 nitrogen and oxygen atoms in total. The van der Waals surface area contributed by atoms with Crippen molar-refractivity contribution in [3.63, 3.8) is 0 Å². The van der Waals surface area contributed by atoms with Crippen LogP contribution in [0.1, 0.15) is 58.8 Å². The summed E-state index contributed by atoms with van der Waals surface area (Å²) in [7, 11) is 3.51. The fourth-order valence-electron chi connectivity index (χ4n) is 3.19. The first-order chi connectivity index (χ1) is 14.1. The molecule has 170 valence electrons. The van der Waals surface area contributed by atoms with Crippen LogP contribution in [0.5, 0.6) is 0 Å². The predicted molar refractivity (Wildman–Crippen MR) is 119 cm³/mol. The highest BCUT2D eigenvalue weighted by atomic mass is 16.5. The van der Waals surface area contributed by atoms with Crippen molar-refractivity contribution < 1.29 is 14.3 Å². The fraction of sp³-hybridized carbons (Fsp3) is 0.909. The lowest BCUT2D eigenvalue weighted by Gasteiger charge is -2.21. The van der Waals surface area contributed by atoms with Crippen molar-refractivity contribution in [1.29, 1.82) is 0 Å². The van der Waals surface area contributed by atoms with Gasteiger partial charge in [0.1, 0.15) is 6.54 Å². The molecule has 1 aliphatic heterocycles. The van der Waals surface area contributed by atoms with Crippen LogP contribution in [0.4, 0.5) is 0 Å². The molecule has 0 aromatic rings. The number of rotatable bonds is 14. The Labute approximate surface area is 178 Å². The summed E-state index contributed by atoms with van der Waals surface area (Å²) in [5.74, 6) is 2.00. The minimum atomic E-state index is 0.00363. The molecular weight excluding hydrogens is 368 g/mol. The number of aliphatic imine (C=N–C) groups is 1. The third-order valence-electron chi connectivity index (χ3n) is 5.43. The maximum atomic E-state index is 11.9. The first-order valence-electron chi connectivity index (χ1n) is 11.4. The smallest absolute Gasteiger partial charge is 0.243 e. The second-order valence-electron chi connectivity index (χ2n) is 8.16. The minimum Gasteiger partial charge on any atom is -0.381 e. The minimum absolute atomic E-state index is 0.00363. The zero-order valence-electron chi connectivity index (χ0n) is 19.2. The summed E-state index contributed by atoms with van der Waals surface area (Å²) in [5, 5.41) is 6.79. The highest BCUT2D eigenvalue weighted by Crippen LogP contribution is 2.14. The van der Waals surface area contributed by atoms with E-state index in [1.807, 2.05) is 0 Å². The Morgan fingerprint density at radius 1 is 1.21 bits per heavy atom. The van der Waals surface area contributed by atoms with Crippen molar-refractivity contribution in [2.24, 2.45) is 16.8 Å². The average Bonchev–Trinajstić information content (AvgIpc) is 2.74. The van der Waals surface area contributed by atoms with Crippen LogP contribution in [0.15, 0.2) is 4.99 Å². The van der Waals surface area contributed by atoms with Gasteiger partial charge in [-0.1, -0.05) is 33.1 Å². The molecule has 0 aromatic carbocycles. The van der Waals surface area contributed by atoms with Crippen LogP contribution in [-0.2, 0) is 14.3 Å². The number of likely N-dealkylation sites (N-methyl/N-ethyl adjacent to an activating group) is 1. The molecule has 1 heterocycles. The van der Waals surface area contributed by atoms with Gasteiger partial charge in [0.25, 0.3) is 0 Å². The molecule has 0 radical (unpaired) electrons. The van der Waals surface area contributed by atoms with E-state index in [-0.39, 0.29) is 12.5 Å². The maximum absolute atomic E-state index is 11.9. The van der Waals surface area contributed by atoms with Crippen LogP contribution in [0.25, 0.3) is 0 Å². The lowest BCUT2D eigenvalue weighted by molar-refractivity contribution is -0.127. The number of hydrogen-bond donors (Lipinski definition) is 2. The van der Waals surface area contributed by atoms with Crippen molar-refractivity contribution in [3.05, 3.63) is 0 Å². The molecule has 0 bridgehead atoms. The highest BCUT2D eigenvalue weighted by molar-refractivity contribution is 5.84. The summed E-state index contributed by atoms with van der Waals surface area (Å²) in [6.07, 6.45) is 7.98. The summed E-state index contributed by atoms with van der Waals surface area (Å²) in [4.78, 5) is 17.9. The van der Waals surface area contributed by atoms with Gasteiger partial charge in [0.2, 0.25) is 5.91 Å². The predicted octanol–water partition coefficient (Wildman–Crippen LogP) is 2.66. The summed E-state index contributed by atoms with van der Waals surface area (Å²) in [6, 6.07) is 0. The number of guanidine groups is 1. The molecule has 0 saturated carbocycles. The van der Waals surface area contributed by atoms with E-state index in [0.29, 0.717) is 11.8 Å². The van der Waals surface area contributed by atoms with E-state index in [0.717, 1.165) is 71.2 Å². The Morgan fingerprint density at radius 2 is 1.97 bits per heavy atom. The summed E-state index contributed by atoms with van der Waals surface area (Å²) in [6.45, 7) is 9.59. The number of amides is 1. The Bertz CT molecular complexity index is 451. The quantitative estimate of drug-likeness (QED) is 0.261. The van der Waals surface area contributed by atoms with Gasteiger partial charge in [-0.25, -0.2) is 4.99 Å². The van der Waals surface area contributed by atoms with Gasteiger partial charge in [0.15, 0.2) is 5.96 Å². The SMILES string of the molecule is CCCCC(CC)CNC(=NCC(=O)N(C)C)NCCCOCC1CCOCC1. The summed E-state index contributed by atoms with van der Waals surface area (Å²) < 4.78 is 11.2.